The van der Waals surface area contributed by atoms with Gasteiger partial charge in [-0.2, -0.15) is 0 Å². The fraction of sp³-hybridized carbons (Fsp3) is 1.00. The van der Waals surface area contributed by atoms with Crippen molar-refractivity contribution < 1.29 is 5.11 Å². The lowest BCUT2D eigenvalue weighted by Gasteiger charge is -2.37. The topological polar surface area (TPSA) is 23.5 Å². The summed E-state index contributed by atoms with van der Waals surface area (Å²) in [5.74, 6) is 0. The summed E-state index contributed by atoms with van der Waals surface area (Å²) < 4.78 is 0. The van der Waals surface area contributed by atoms with Crippen molar-refractivity contribution in [3.05, 3.63) is 0 Å². The smallest absolute Gasteiger partial charge is 0.0615 e. The highest BCUT2D eigenvalue weighted by Crippen LogP contribution is 2.34. The van der Waals surface area contributed by atoms with Gasteiger partial charge in [-0.25, -0.2) is 0 Å². The molecule has 1 N–H and O–H groups in total. The third-order valence-electron chi connectivity index (χ3n) is 4.31. The van der Waals surface area contributed by atoms with Crippen LogP contribution in [0.2, 0.25) is 0 Å². The van der Waals surface area contributed by atoms with E-state index in [1.807, 2.05) is 0 Å². The van der Waals surface area contributed by atoms with Gasteiger partial charge in [0.05, 0.1) is 6.61 Å². The summed E-state index contributed by atoms with van der Waals surface area (Å²) in [6.45, 7) is 7.27. The van der Waals surface area contributed by atoms with Gasteiger partial charge in [0.25, 0.3) is 0 Å². The average molecular weight is 241 g/mol. The maximum Gasteiger partial charge on any atom is 0.0615 e. The van der Waals surface area contributed by atoms with Crippen molar-refractivity contribution in [2.45, 2.75) is 77.2 Å². The maximum atomic E-state index is 9.80. The monoisotopic (exact) mass is 241 g/mol. The Labute approximate surface area is 107 Å². The molecule has 1 atom stereocenters. The molecule has 0 radical (unpaired) electrons. The first-order valence-electron chi connectivity index (χ1n) is 7.65. The van der Waals surface area contributed by atoms with Gasteiger partial charge in [0.2, 0.25) is 0 Å². The lowest BCUT2D eigenvalue weighted by Crippen LogP contribution is -2.47. The number of unbranched alkanes of at least 4 members (excludes halogenated alkanes) is 4. The Morgan fingerprint density at radius 1 is 1.06 bits per heavy atom. The molecule has 1 fully saturated rings. The molecule has 0 spiro atoms. The summed E-state index contributed by atoms with van der Waals surface area (Å²) in [5.41, 5.74) is 0.142. The number of hydrogen-bond donors (Lipinski definition) is 1. The Bertz CT molecular complexity index is 195. The molecule has 0 unspecified atom stereocenters. The van der Waals surface area contributed by atoms with Gasteiger partial charge in [-0.15, -0.1) is 0 Å². The van der Waals surface area contributed by atoms with Crippen LogP contribution in [-0.4, -0.2) is 35.2 Å². The second-order valence-electron chi connectivity index (χ2n) is 5.64. The van der Waals surface area contributed by atoms with Crippen LogP contribution in [0.1, 0.15) is 71.6 Å². The highest BCUT2D eigenvalue weighted by Gasteiger charge is 2.39. The molecule has 0 bridgehead atoms. The third kappa shape index (κ3) is 4.26. The van der Waals surface area contributed by atoms with Crippen LogP contribution in [0.3, 0.4) is 0 Å². The zero-order chi connectivity index (χ0) is 12.6. The van der Waals surface area contributed by atoms with Crippen LogP contribution in [0.4, 0.5) is 0 Å². The van der Waals surface area contributed by atoms with Crippen molar-refractivity contribution in [3.8, 4) is 0 Å². The van der Waals surface area contributed by atoms with E-state index in [0.717, 1.165) is 0 Å². The Kier molecular flexibility index (Phi) is 7.14. The first-order valence-corrected chi connectivity index (χ1v) is 7.65. The SMILES string of the molecule is CCCCCN1CCC[C@]1(CO)CCCCC. The summed E-state index contributed by atoms with van der Waals surface area (Å²) in [4.78, 5) is 2.58. The predicted octanol–water partition coefficient (Wildman–Crippen LogP) is 3.58. The highest BCUT2D eigenvalue weighted by molar-refractivity contribution is 4.95. The van der Waals surface area contributed by atoms with Crippen molar-refractivity contribution >= 4 is 0 Å². The molecule has 1 rings (SSSR count). The Morgan fingerprint density at radius 3 is 2.41 bits per heavy atom. The molecule has 17 heavy (non-hydrogen) atoms. The summed E-state index contributed by atoms with van der Waals surface area (Å²) >= 11 is 0. The lowest BCUT2D eigenvalue weighted by atomic mass is 9.90. The molecule has 102 valence electrons. The molecular weight excluding hydrogens is 210 g/mol. The number of aliphatic hydroxyl groups excluding tert-OH is 1. The zero-order valence-electron chi connectivity index (χ0n) is 11.9. The molecule has 0 aromatic heterocycles. The van der Waals surface area contributed by atoms with Crippen molar-refractivity contribution in [1.29, 1.82) is 0 Å². The molecule has 0 aromatic rings. The molecule has 1 heterocycles. The second kappa shape index (κ2) is 8.10. The summed E-state index contributed by atoms with van der Waals surface area (Å²) in [5, 5.41) is 9.80. The average Bonchev–Trinajstić information content (AvgIpc) is 2.74. The molecule has 0 saturated carbocycles. The molecule has 1 aliphatic rings. The molecule has 2 nitrogen and oxygen atoms in total. The van der Waals surface area contributed by atoms with Gasteiger partial charge in [-0.1, -0.05) is 46.0 Å². The van der Waals surface area contributed by atoms with Crippen molar-refractivity contribution in [2.75, 3.05) is 19.7 Å². The van der Waals surface area contributed by atoms with E-state index in [2.05, 4.69) is 18.7 Å². The van der Waals surface area contributed by atoms with Gasteiger partial charge in [-0.3, -0.25) is 4.90 Å². The van der Waals surface area contributed by atoms with E-state index in [0.29, 0.717) is 6.61 Å². The molecule has 1 aliphatic heterocycles. The molecule has 0 amide bonds. The first kappa shape index (κ1) is 15.0. The zero-order valence-corrected chi connectivity index (χ0v) is 11.9. The fourth-order valence-electron chi connectivity index (χ4n) is 3.14. The van der Waals surface area contributed by atoms with E-state index >= 15 is 0 Å². The normalized spacial score (nSPS) is 25.6. The van der Waals surface area contributed by atoms with Gasteiger partial charge >= 0.3 is 0 Å². The third-order valence-corrected chi connectivity index (χ3v) is 4.31. The highest BCUT2D eigenvalue weighted by atomic mass is 16.3. The lowest BCUT2D eigenvalue weighted by molar-refractivity contribution is 0.0531. The van der Waals surface area contributed by atoms with Gasteiger partial charge in [0.15, 0.2) is 0 Å². The minimum absolute atomic E-state index is 0.142. The number of aliphatic hydroxyl groups is 1. The summed E-state index contributed by atoms with van der Waals surface area (Å²) in [6, 6.07) is 0. The van der Waals surface area contributed by atoms with E-state index in [1.165, 1.54) is 70.9 Å². The standard InChI is InChI=1S/C15H31NO/c1-3-5-7-10-15(14-17)11-9-13-16(15)12-8-6-4-2/h17H,3-14H2,1-2H3/t15-/m0/s1. The van der Waals surface area contributed by atoms with Crippen molar-refractivity contribution in [3.63, 3.8) is 0 Å². The fourth-order valence-corrected chi connectivity index (χ4v) is 3.14. The Hall–Kier alpha value is -0.0800. The molecule has 0 aliphatic carbocycles. The van der Waals surface area contributed by atoms with Crippen molar-refractivity contribution in [2.24, 2.45) is 0 Å². The predicted molar refractivity (Wildman–Crippen MR) is 74.3 cm³/mol. The van der Waals surface area contributed by atoms with Gasteiger partial charge in [0.1, 0.15) is 0 Å². The first-order chi connectivity index (χ1) is 8.29. The largest absolute Gasteiger partial charge is 0.394 e. The Balaban J connectivity index is 2.42. The number of hydrogen-bond acceptors (Lipinski definition) is 2. The van der Waals surface area contributed by atoms with Crippen LogP contribution in [0.25, 0.3) is 0 Å². The van der Waals surface area contributed by atoms with Crippen molar-refractivity contribution in [1.82, 2.24) is 4.90 Å². The van der Waals surface area contributed by atoms with E-state index in [-0.39, 0.29) is 5.54 Å². The van der Waals surface area contributed by atoms with Crippen LogP contribution in [-0.2, 0) is 0 Å². The van der Waals surface area contributed by atoms with E-state index in [9.17, 15) is 5.11 Å². The number of nitrogens with zero attached hydrogens (tertiary/aromatic N) is 1. The van der Waals surface area contributed by atoms with E-state index in [1.54, 1.807) is 0 Å². The number of rotatable bonds is 9. The quantitative estimate of drug-likeness (QED) is 0.624. The van der Waals surface area contributed by atoms with Crippen LogP contribution in [0.15, 0.2) is 0 Å². The van der Waals surface area contributed by atoms with E-state index < -0.39 is 0 Å². The van der Waals surface area contributed by atoms with Gasteiger partial charge in [0, 0.05) is 5.54 Å². The maximum absolute atomic E-state index is 9.80. The Morgan fingerprint density at radius 2 is 1.76 bits per heavy atom. The molecule has 0 aromatic carbocycles. The van der Waals surface area contributed by atoms with Crippen LogP contribution in [0.5, 0.6) is 0 Å². The molecule has 2 heteroatoms. The molecule has 1 saturated heterocycles. The summed E-state index contributed by atoms with van der Waals surface area (Å²) in [6.07, 6.45) is 11.5. The summed E-state index contributed by atoms with van der Waals surface area (Å²) in [7, 11) is 0. The van der Waals surface area contributed by atoms with Gasteiger partial charge < -0.3 is 5.11 Å². The minimum Gasteiger partial charge on any atom is -0.394 e. The van der Waals surface area contributed by atoms with Crippen LogP contribution >= 0.6 is 0 Å². The van der Waals surface area contributed by atoms with Crippen LogP contribution in [0, 0.1) is 0 Å². The minimum atomic E-state index is 0.142. The molecular formula is C15H31NO. The van der Waals surface area contributed by atoms with Crippen LogP contribution < -0.4 is 0 Å². The number of likely N-dealkylation sites (tertiary alicyclic amines) is 1. The second-order valence-corrected chi connectivity index (χ2v) is 5.64. The van der Waals surface area contributed by atoms with E-state index in [4.69, 9.17) is 0 Å². The van der Waals surface area contributed by atoms with Gasteiger partial charge in [-0.05, 0) is 38.8 Å².